The summed E-state index contributed by atoms with van der Waals surface area (Å²) < 4.78 is 0. The molecule has 10 heteroatoms. The van der Waals surface area contributed by atoms with Crippen molar-refractivity contribution in [1.82, 2.24) is 0 Å². The van der Waals surface area contributed by atoms with E-state index in [0.717, 1.165) is 11.8 Å². The van der Waals surface area contributed by atoms with E-state index in [1.54, 1.807) is 12.1 Å². The minimum atomic E-state index is -0.639. The van der Waals surface area contributed by atoms with E-state index in [2.05, 4.69) is 4.90 Å². The number of rotatable bonds is 4. The van der Waals surface area contributed by atoms with E-state index < -0.39 is 9.85 Å². The molecule has 1 fully saturated rings. The third-order valence-electron chi connectivity index (χ3n) is 4.20. The number of hydrogen-bond donors (Lipinski definition) is 1. The van der Waals surface area contributed by atoms with E-state index in [-0.39, 0.29) is 29.5 Å². The van der Waals surface area contributed by atoms with Crippen LogP contribution in [0.2, 0.25) is 0 Å². The number of phenols is 1. The average molecular weight is 381 g/mol. The van der Waals surface area contributed by atoms with Crippen molar-refractivity contribution in [2.45, 2.75) is 0 Å². The van der Waals surface area contributed by atoms with Gasteiger partial charge in [-0.2, -0.15) is 0 Å². The van der Waals surface area contributed by atoms with Crippen molar-refractivity contribution >= 4 is 35.2 Å². The van der Waals surface area contributed by atoms with Crippen LogP contribution in [-0.4, -0.2) is 41.1 Å². The molecule has 0 aromatic heterocycles. The topological polar surface area (TPSA) is 113 Å². The highest BCUT2D eigenvalue weighted by Crippen LogP contribution is 2.33. The number of nitrogens with zero attached hydrogens (tertiary/aromatic N) is 4. The van der Waals surface area contributed by atoms with Gasteiger partial charge in [-0.1, -0.05) is 0 Å². The Hall–Kier alpha value is -3.07. The predicted molar refractivity (Wildman–Crippen MR) is 99.5 cm³/mol. The van der Waals surface area contributed by atoms with Crippen molar-refractivity contribution in [3.05, 3.63) is 62.7 Å². The van der Waals surface area contributed by atoms with E-state index in [4.69, 9.17) is 0 Å². The van der Waals surface area contributed by atoms with E-state index in [0.29, 0.717) is 31.9 Å². The lowest BCUT2D eigenvalue weighted by Crippen LogP contribution is -2.46. The summed E-state index contributed by atoms with van der Waals surface area (Å²) >= 11 is 0. The normalized spacial score (nSPS) is 13.8. The van der Waals surface area contributed by atoms with Gasteiger partial charge in [-0.3, -0.25) is 20.2 Å². The summed E-state index contributed by atoms with van der Waals surface area (Å²) in [6, 6.07) is 10.6. The Labute approximate surface area is 155 Å². The van der Waals surface area contributed by atoms with Gasteiger partial charge in [0, 0.05) is 37.9 Å². The Morgan fingerprint density at radius 1 is 0.846 bits per heavy atom. The van der Waals surface area contributed by atoms with Crippen LogP contribution >= 0.6 is 12.4 Å². The largest absolute Gasteiger partial charge is 0.508 e. The van der Waals surface area contributed by atoms with Gasteiger partial charge in [0.1, 0.15) is 11.4 Å². The molecular weight excluding hydrogens is 364 g/mol. The summed E-state index contributed by atoms with van der Waals surface area (Å²) in [5.41, 5.74) is 0.807. The summed E-state index contributed by atoms with van der Waals surface area (Å²) in [6.07, 6.45) is 0. The maximum Gasteiger partial charge on any atom is 0.299 e. The Morgan fingerprint density at radius 2 is 1.42 bits per heavy atom. The molecule has 9 nitrogen and oxygen atoms in total. The van der Waals surface area contributed by atoms with Crippen molar-refractivity contribution in [3.63, 3.8) is 0 Å². The number of benzene rings is 2. The zero-order chi connectivity index (χ0) is 18.0. The first-order valence-corrected chi connectivity index (χ1v) is 7.67. The molecule has 0 atom stereocenters. The standard InChI is InChI=1S/C16H16N4O5.ClH/c21-14-4-1-12(2-5-14)17-7-9-18(10-8-17)15-6-3-13(19(22)23)11-16(15)20(24)25;/h1-6,11,21H,7-10H2;1H. The van der Waals surface area contributed by atoms with Gasteiger partial charge < -0.3 is 14.9 Å². The van der Waals surface area contributed by atoms with Crippen LogP contribution in [0.5, 0.6) is 5.75 Å². The van der Waals surface area contributed by atoms with Crippen molar-refractivity contribution in [3.8, 4) is 5.75 Å². The molecule has 1 saturated heterocycles. The minimum Gasteiger partial charge on any atom is -0.508 e. The molecule has 2 aromatic rings. The van der Waals surface area contributed by atoms with Gasteiger partial charge in [0.05, 0.1) is 15.9 Å². The third kappa shape index (κ3) is 3.94. The molecular formula is C16H17ClN4O5. The smallest absolute Gasteiger partial charge is 0.299 e. The number of non-ortho nitro benzene ring substituents is 1. The molecule has 1 N–H and O–H groups in total. The SMILES string of the molecule is Cl.O=[N+]([O-])c1ccc(N2CCN(c3ccc(O)cc3)CC2)c([N+](=O)[O-])c1. The third-order valence-corrected chi connectivity index (χ3v) is 4.20. The molecule has 1 heterocycles. The van der Waals surface area contributed by atoms with Crippen molar-refractivity contribution in [2.75, 3.05) is 36.0 Å². The quantitative estimate of drug-likeness (QED) is 0.640. The average Bonchev–Trinajstić information content (AvgIpc) is 2.62. The van der Waals surface area contributed by atoms with E-state index in [9.17, 15) is 25.3 Å². The second kappa shape index (κ2) is 7.87. The van der Waals surface area contributed by atoms with Crippen LogP contribution in [0, 0.1) is 20.2 Å². The Bertz CT molecular complexity index is 807. The number of aromatic hydroxyl groups is 1. The fraction of sp³-hybridized carbons (Fsp3) is 0.250. The van der Waals surface area contributed by atoms with E-state index in [1.807, 2.05) is 17.0 Å². The van der Waals surface area contributed by atoms with Gasteiger partial charge in [-0.05, 0) is 30.3 Å². The van der Waals surface area contributed by atoms with Crippen molar-refractivity contribution in [1.29, 1.82) is 0 Å². The molecule has 26 heavy (non-hydrogen) atoms. The Morgan fingerprint density at radius 3 is 1.96 bits per heavy atom. The zero-order valence-corrected chi connectivity index (χ0v) is 14.5. The molecule has 1 aliphatic rings. The number of halogens is 1. The number of anilines is 2. The molecule has 138 valence electrons. The second-order valence-corrected chi connectivity index (χ2v) is 5.68. The first-order chi connectivity index (χ1) is 12.0. The molecule has 0 radical (unpaired) electrons. The lowest BCUT2D eigenvalue weighted by atomic mass is 10.2. The summed E-state index contributed by atoms with van der Waals surface area (Å²) in [4.78, 5) is 24.9. The number of phenolic OH excluding ortho intramolecular Hbond substituents is 1. The first-order valence-electron chi connectivity index (χ1n) is 7.67. The lowest BCUT2D eigenvalue weighted by molar-refractivity contribution is -0.393. The van der Waals surface area contributed by atoms with Gasteiger partial charge in [0.2, 0.25) is 0 Å². The Balaban J connectivity index is 0.00000243. The van der Waals surface area contributed by atoms with Gasteiger partial charge in [0.15, 0.2) is 0 Å². The van der Waals surface area contributed by atoms with Crippen molar-refractivity contribution < 1.29 is 15.0 Å². The molecule has 1 aliphatic heterocycles. The molecule has 3 rings (SSSR count). The summed E-state index contributed by atoms with van der Waals surface area (Å²) in [5, 5.41) is 31.5. The van der Waals surface area contributed by atoms with E-state index >= 15 is 0 Å². The van der Waals surface area contributed by atoms with E-state index in [1.165, 1.54) is 12.1 Å². The first kappa shape index (κ1) is 19.3. The van der Waals surface area contributed by atoms with Crippen LogP contribution < -0.4 is 9.80 Å². The number of piperazine rings is 1. The summed E-state index contributed by atoms with van der Waals surface area (Å²) in [7, 11) is 0. The van der Waals surface area contributed by atoms with Crippen LogP contribution in [0.15, 0.2) is 42.5 Å². The fourth-order valence-corrected chi connectivity index (χ4v) is 2.91. The van der Waals surface area contributed by atoms with Gasteiger partial charge >= 0.3 is 0 Å². The van der Waals surface area contributed by atoms with Crippen LogP contribution in [0.25, 0.3) is 0 Å². The van der Waals surface area contributed by atoms with Crippen LogP contribution in [-0.2, 0) is 0 Å². The maximum atomic E-state index is 11.3. The van der Waals surface area contributed by atoms with Crippen molar-refractivity contribution in [2.24, 2.45) is 0 Å². The van der Waals surface area contributed by atoms with Crippen LogP contribution in [0.3, 0.4) is 0 Å². The highest BCUT2D eigenvalue weighted by atomic mass is 35.5. The number of nitro groups is 2. The van der Waals surface area contributed by atoms with Crippen LogP contribution in [0.4, 0.5) is 22.7 Å². The highest BCUT2D eigenvalue weighted by Gasteiger charge is 2.26. The monoisotopic (exact) mass is 380 g/mol. The highest BCUT2D eigenvalue weighted by molar-refractivity contribution is 5.85. The summed E-state index contributed by atoms with van der Waals surface area (Å²) in [5.74, 6) is 0.198. The number of nitro benzene ring substituents is 2. The lowest BCUT2D eigenvalue weighted by Gasteiger charge is -2.37. The molecule has 0 spiro atoms. The summed E-state index contributed by atoms with van der Waals surface area (Å²) in [6.45, 7) is 2.41. The molecule has 0 saturated carbocycles. The van der Waals surface area contributed by atoms with Gasteiger partial charge in [0.25, 0.3) is 11.4 Å². The molecule has 0 unspecified atom stereocenters. The molecule has 2 aromatic carbocycles. The van der Waals surface area contributed by atoms with Crippen LogP contribution in [0.1, 0.15) is 0 Å². The fourth-order valence-electron chi connectivity index (χ4n) is 2.91. The predicted octanol–water partition coefficient (Wildman–Crippen LogP) is 2.96. The molecule has 0 bridgehead atoms. The minimum absolute atomic E-state index is 0. The molecule has 0 aliphatic carbocycles. The number of hydrogen-bond acceptors (Lipinski definition) is 7. The Kier molecular flexibility index (Phi) is 5.83. The second-order valence-electron chi connectivity index (χ2n) is 5.68. The molecule has 0 amide bonds. The maximum absolute atomic E-state index is 11.3. The zero-order valence-electron chi connectivity index (χ0n) is 13.6. The van der Waals surface area contributed by atoms with Gasteiger partial charge in [-0.15, -0.1) is 12.4 Å². The van der Waals surface area contributed by atoms with Gasteiger partial charge in [-0.25, -0.2) is 0 Å².